The molecule has 1 saturated heterocycles. The van der Waals surface area contributed by atoms with Crippen molar-refractivity contribution in [3.63, 3.8) is 0 Å². The van der Waals surface area contributed by atoms with Crippen molar-refractivity contribution >= 4 is 16.4 Å². The Hall–Kier alpha value is -1.16. The first kappa shape index (κ1) is 42.9. The predicted molar refractivity (Wildman–Crippen MR) is 174 cm³/mol. The van der Waals surface area contributed by atoms with E-state index in [1.54, 1.807) is 6.92 Å². The van der Waals surface area contributed by atoms with Gasteiger partial charge >= 0.3 is 16.4 Å². The summed E-state index contributed by atoms with van der Waals surface area (Å²) in [6.07, 6.45) is 16.7. The average Bonchev–Trinajstić information content (AvgIpc) is 3.02. The van der Waals surface area contributed by atoms with Crippen LogP contribution in [0.15, 0.2) is 12.2 Å². The van der Waals surface area contributed by atoms with Crippen LogP contribution >= 0.6 is 0 Å². The number of esters is 1. The summed E-state index contributed by atoms with van der Waals surface area (Å²) in [4.78, 5) is 11.9. The van der Waals surface area contributed by atoms with Gasteiger partial charge in [0.25, 0.3) is 0 Å². The van der Waals surface area contributed by atoms with Crippen molar-refractivity contribution in [3.05, 3.63) is 12.2 Å². The van der Waals surface area contributed by atoms with Gasteiger partial charge in [-0.3, -0.25) is 9.35 Å². The van der Waals surface area contributed by atoms with Crippen molar-refractivity contribution in [2.24, 2.45) is 0 Å². The molecule has 0 aromatic heterocycles. The molecule has 1 heterocycles. The van der Waals surface area contributed by atoms with E-state index in [1.807, 2.05) is 0 Å². The lowest BCUT2D eigenvalue weighted by Gasteiger charge is -2.41. The molecule has 0 amide bonds. The Morgan fingerprint density at radius 2 is 1.35 bits per heavy atom. The molecule has 1 aliphatic heterocycles. The highest BCUT2D eigenvalue weighted by molar-refractivity contribution is 7.80. The molecule has 0 bridgehead atoms. The Bertz CT molecular complexity index is 884. The number of hydrogen-bond acceptors (Lipinski definition) is 11. The summed E-state index contributed by atoms with van der Waals surface area (Å²) in [6, 6.07) is 0. The molecular weight excluding hydrogens is 620 g/mol. The molecule has 0 aromatic carbocycles. The summed E-state index contributed by atoms with van der Waals surface area (Å²) in [7, 11) is -5.04. The number of hydrogen-bond donors (Lipinski definition) is 4. The maximum atomic E-state index is 11.9. The SMILES string of the molecule is CCCCCCCCC/C=C\CCCCCCCCCCOCC(COC1OC(CO)C(O)C(OS(=O)(=O)O)C1O)OC(=O)CC. The lowest BCUT2D eigenvalue weighted by atomic mass is 9.99. The Balaban J connectivity index is 2.19. The monoisotopic (exact) mass is 682 g/mol. The van der Waals surface area contributed by atoms with Gasteiger partial charge in [0.05, 0.1) is 19.8 Å². The number of aliphatic hydroxyl groups is 3. The molecule has 0 aliphatic carbocycles. The molecule has 0 aromatic rings. The molecule has 0 radical (unpaired) electrons. The van der Waals surface area contributed by atoms with Crippen molar-refractivity contribution in [1.29, 1.82) is 0 Å². The number of rotatable bonds is 29. The van der Waals surface area contributed by atoms with Crippen LogP contribution < -0.4 is 0 Å². The molecule has 0 spiro atoms. The van der Waals surface area contributed by atoms with Gasteiger partial charge < -0.3 is 34.3 Å². The van der Waals surface area contributed by atoms with Gasteiger partial charge in [0.15, 0.2) is 6.29 Å². The zero-order chi connectivity index (χ0) is 34.0. The van der Waals surface area contributed by atoms with E-state index >= 15 is 0 Å². The first-order chi connectivity index (χ1) is 22.1. The van der Waals surface area contributed by atoms with Gasteiger partial charge in [-0.2, -0.15) is 8.42 Å². The Morgan fingerprint density at radius 3 is 1.87 bits per heavy atom. The van der Waals surface area contributed by atoms with E-state index in [2.05, 4.69) is 23.3 Å². The van der Waals surface area contributed by atoms with E-state index in [9.17, 15) is 28.5 Å². The second kappa shape index (κ2) is 26.8. The van der Waals surface area contributed by atoms with Crippen molar-refractivity contribution in [2.45, 2.75) is 166 Å². The standard InChI is InChI=1S/C33H62O12S/c1-3-5-6-7-8-9-10-11-12-13-14-15-16-17-18-19-20-21-22-23-41-25-27(43-29(35)4-2)26-42-33-31(37)32(45-46(38,39)40)30(36)28(24-34)44-33/h12-13,27-28,30-34,36-37H,3-11,14-26H2,1-2H3,(H,38,39,40)/b13-12-. The maximum absolute atomic E-state index is 11.9. The molecule has 46 heavy (non-hydrogen) atoms. The van der Waals surface area contributed by atoms with E-state index in [4.69, 9.17) is 23.5 Å². The van der Waals surface area contributed by atoms with Crippen LogP contribution in [0.1, 0.15) is 129 Å². The molecule has 6 atom stereocenters. The summed E-state index contributed by atoms with van der Waals surface area (Å²) in [5.41, 5.74) is 0. The smallest absolute Gasteiger partial charge is 0.397 e. The first-order valence-electron chi connectivity index (χ1n) is 17.4. The summed E-state index contributed by atoms with van der Waals surface area (Å²) in [5.74, 6) is -0.488. The fourth-order valence-electron chi connectivity index (χ4n) is 5.23. The number of unbranched alkanes of at least 4 members (excludes halogenated alkanes) is 15. The third-order valence-electron chi connectivity index (χ3n) is 7.94. The highest BCUT2D eigenvalue weighted by atomic mass is 32.3. The molecule has 6 unspecified atom stereocenters. The largest absolute Gasteiger partial charge is 0.457 e. The number of ether oxygens (including phenoxy) is 4. The topological polar surface area (TPSA) is 178 Å². The minimum absolute atomic E-state index is 0.0268. The second-order valence-corrected chi connectivity index (χ2v) is 13.1. The van der Waals surface area contributed by atoms with Crippen LogP contribution in [0.5, 0.6) is 0 Å². The minimum Gasteiger partial charge on any atom is -0.457 e. The van der Waals surface area contributed by atoms with Crippen LogP contribution in [0.3, 0.4) is 0 Å². The van der Waals surface area contributed by atoms with Crippen LogP contribution in [0.25, 0.3) is 0 Å². The van der Waals surface area contributed by atoms with E-state index in [1.165, 1.54) is 89.9 Å². The summed E-state index contributed by atoms with van der Waals surface area (Å²) in [5, 5.41) is 30.1. The van der Waals surface area contributed by atoms with Gasteiger partial charge in [-0.1, -0.05) is 103 Å². The van der Waals surface area contributed by atoms with Crippen LogP contribution in [0.4, 0.5) is 0 Å². The normalized spacial score (nSPS) is 22.8. The van der Waals surface area contributed by atoms with Crippen molar-refractivity contribution in [3.8, 4) is 0 Å². The molecule has 272 valence electrons. The Morgan fingerprint density at radius 1 is 0.804 bits per heavy atom. The molecule has 1 aliphatic rings. The van der Waals surface area contributed by atoms with Gasteiger partial charge in [0, 0.05) is 13.0 Å². The second-order valence-electron chi connectivity index (χ2n) is 12.1. The van der Waals surface area contributed by atoms with Gasteiger partial charge in [0.1, 0.15) is 30.5 Å². The third kappa shape index (κ3) is 20.9. The van der Waals surface area contributed by atoms with E-state index in [0.717, 1.165) is 19.3 Å². The molecule has 1 fully saturated rings. The van der Waals surface area contributed by atoms with E-state index in [-0.39, 0.29) is 19.6 Å². The zero-order valence-electron chi connectivity index (χ0n) is 28.1. The van der Waals surface area contributed by atoms with Gasteiger partial charge in [0.2, 0.25) is 0 Å². The molecule has 4 N–H and O–H groups in total. The molecular formula is C33H62O12S. The van der Waals surface area contributed by atoms with Crippen molar-refractivity contribution in [2.75, 3.05) is 26.4 Å². The summed E-state index contributed by atoms with van der Waals surface area (Å²) >= 11 is 0. The van der Waals surface area contributed by atoms with Gasteiger partial charge in [-0.15, -0.1) is 0 Å². The molecule has 12 nitrogen and oxygen atoms in total. The predicted octanol–water partition coefficient (Wildman–Crippen LogP) is 5.18. The first-order valence-corrected chi connectivity index (χ1v) is 18.8. The van der Waals surface area contributed by atoms with Crippen LogP contribution in [-0.4, -0.2) is 97.5 Å². The fourth-order valence-corrected chi connectivity index (χ4v) is 5.74. The molecule has 13 heteroatoms. The number of aliphatic hydroxyl groups excluding tert-OH is 3. The Kier molecular flexibility index (Phi) is 24.9. The summed E-state index contributed by atoms with van der Waals surface area (Å²) in [6.45, 7) is 3.36. The van der Waals surface area contributed by atoms with Crippen LogP contribution in [0, 0.1) is 0 Å². The number of allylic oxidation sites excluding steroid dienone is 2. The van der Waals surface area contributed by atoms with Crippen LogP contribution in [0.2, 0.25) is 0 Å². The van der Waals surface area contributed by atoms with Crippen molar-refractivity contribution in [1.82, 2.24) is 0 Å². The van der Waals surface area contributed by atoms with E-state index < -0.39 is 59.8 Å². The highest BCUT2D eigenvalue weighted by Crippen LogP contribution is 2.26. The zero-order valence-corrected chi connectivity index (χ0v) is 29.0. The van der Waals surface area contributed by atoms with E-state index in [0.29, 0.717) is 6.61 Å². The summed E-state index contributed by atoms with van der Waals surface area (Å²) < 4.78 is 57.6. The van der Waals surface area contributed by atoms with Gasteiger partial charge in [-0.25, -0.2) is 4.18 Å². The lowest BCUT2D eigenvalue weighted by Crippen LogP contribution is -2.60. The van der Waals surface area contributed by atoms with Crippen LogP contribution in [-0.2, 0) is 38.3 Å². The molecule has 1 rings (SSSR count). The van der Waals surface area contributed by atoms with Crippen molar-refractivity contribution < 1.29 is 56.2 Å². The highest BCUT2D eigenvalue weighted by Gasteiger charge is 2.48. The maximum Gasteiger partial charge on any atom is 0.397 e. The minimum atomic E-state index is -5.04. The fraction of sp³-hybridized carbons (Fsp3) is 0.909. The third-order valence-corrected chi connectivity index (χ3v) is 8.41. The quantitative estimate of drug-likeness (QED) is 0.0352. The lowest BCUT2D eigenvalue weighted by molar-refractivity contribution is -0.301. The average molecular weight is 683 g/mol. The number of carbonyl (C=O) groups excluding carboxylic acids is 1. The number of carbonyl (C=O) groups is 1. The van der Waals surface area contributed by atoms with Gasteiger partial charge in [-0.05, 0) is 32.1 Å². The molecule has 0 saturated carbocycles. The Labute approximate surface area is 277 Å².